The first-order valence-corrected chi connectivity index (χ1v) is 10.9. The Morgan fingerprint density at radius 3 is 2.74 bits per heavy atom. The Morgan fingerprint density at radius 2 is 1.93 bits per heavy atom. The molecule has 1 aromatic heterocycles. The summed E-state index contributed by atoms with van der Waals surface area (Å²) in [6.07, 6.45) is 2.41. The number of nitrogens with zero attached hydrogens (tertiary/aromatic N) is 2. The van der Waals surface area contributed by atoms with Crippen molar-refractivity contribution >= 4 is 26.7 Å². The van der Waals surface area contributed by atoms with Gasteiger partial charge in [0.05, 0.1) is 0 Å². The zero-order valence-electron chi connectivity index (χ0n) is 15.3. The molecule has 0 saturated carbocycles. The standard InChI is InChI=1S/C20H23N3O3S/c1-15(16-7-6-8-17(13-16)23-11-4-5-12-23)22-27(24,25)14-19-18-9-2-3-10-20(18)26-21-19/h2-3,6-10,13,15,22H,4-5,11-12,14H2,1H3. The number of anilines is 1. The summed E-state index contributed by atoms with van der Waals surface area (Å²) in [4.78, 5) is 2.34. The van der Waals surface area contributed by atoms with Crippen molar-refractivity contribution in [2.45, 2.75) is 31.6 Å². The zero-order valence-corrected chi connectivity index (χ0v) is 16.1. The van der Waals surface area contributed by atoms with E-state index in [0.29, 0.717) is 11.3 Å². The fraction of sp³-hybridized carbons (Fsp3) is 0.350. The normalized spacial score (nSPS) is 16.1. The van der Waals surface area contributed by atoms with E-state index in [2.05, 4.69) is 26.9 Å². The highest BCUT2D eigenvalue weighted by Gasteiger charge is 2.21. The second-order valence-electron chi connectivity index (χ2n) is 7.01. The molecule has 2 aromatic carbocycles. The Kier molecular flexibility index (Phi) is 4.88. The molecule has 1 aliphatic rings. The number of fused-ring (bicyclic) bond motifs is 1. The summed E-state index contributed by atoms with van der Waals surface area (Å²) in [5.74, 6) is -0.208. The van der Waals surface area contributed by atoms with Gasteiger partial charge >= 0.3 is 0 Å². The summed E-state index contributed by atoms with van der Waals surface area (Å²) < 4.78 is 33.3. The maximum Gasteiger partial charge on any atom is 0.218 e. The summed E-state index contributed by atoms with van der Waals surface area (Å²) in [7, 11) is -3.56. The smallest absolute Gasteiger partial charge is 0.218 e. The average Bonchev–Trinajstić information content (AvgIpc) is 3.32. The van der Waals surface area contributed by atoms with Crippen molar-refractivity contribution in [3.8, 4) is 0 Å². The first-order valence-electron chi connectivity index (χ1n) is 9.20. The first kappa shape index (κ1) is 18.0. The summed E-state index contributed by atoms with van der Waals surface area (Å²) in [5, 5.41) is 4.65. The van der Waals surface area contributed by atoms with Gasteiger partial charge in [0.2, 0.25) is 10.0 Å². The topological polar surface area (TPSA) is 75.4 Å². The van der Waals surface area contributed by atoms with Crippen molar-refractivity contribution in [3.05, 3.63) is 59.8 Å². The van der Waals surface area contributed by atoms with E-state index in [1.807, 2.05) is 37.3 Å². The molecule has 0 spiro atoms. The fourth-order valence-electron chi connectivity index (χ4n) is 3.57. The highest BCUT2D eigenvalue weighted by Crippen LogP contribution is 2.25. The van der Waals surface area contributed by atoms with Gasteiger partial charge in [-0.2, -0.15) is 0 Å². The SMILES string of the molecule is CC(NS(=O)(=O)Cc1noc2ccccc12)c1cccc(N2CCCC2)c1. The van der Waals surface area contributed by atoms with E-state index in [4.69, 9.17) is 4.52 Å². The third kappa shape index (κ3) is 3.99. The molecule has 0 bridgehead atoms. The molecule has 6 nitrogen and oxygen atoms in total. The van der Waals surface area contributed by atoms with E-state index < -0.39 is 10.0 Å². The molecule has 1 N–H and O–H groups in total. The molecule has 1 saturated heterocycles. The number of nitrogens with one attached hydrogen (secondary N) is 1. The predicted octanol–water partition coefficient (Wildman–Crippen LogP) is 3.61. The second kappa shape index (κ2) is 7.32. The van der Waals surface area contributed by atoms with Crippen molar-refractivity contribution in [3.63, 3.8) is 0 Å². The van der Waals surface area contributed by atoms with Crippen LogP contribution in [0.2, 0.25) is 0 Å². The number of para-hydroxylation sites is 1. The van der Waals surface area contributed by atoms with E-state index in [1.165, 1.54) is 12.8 Å². The Bertz CT molecular complexity index is 1040. The van der Waals surface area contributed by atoms with Gasteiger partial charge in [-0.25, -0.2) is 13.1 Å². The molecule has 0 aliphatic carbocycles. The van der Waals surface area contributed by atoms with E-state index in [9.17, 15) is 8.42 Å². The van der Waals surface area contributed by atoms with Gasteiger partial charge in [-0.1, -0.05) is 29.4 Å². The lowest BCUT2D eigenvalue weighted by Crippen LogP contribution is -2.28. The van der Waals surface area contributed by atoms with Crippen LogP contribution >= 0.6 is 0 Å². The highest BCUT2D eigenvalue weighted by atomic mass is 32.2. The molecule has 4 rings (SSSR count). The van der Waals surface area contributed by atoms with Crippen LogP contribution in [0.15, 0.2) is 53.1 Å². The molecule has 1 aliphatic heterocycles. The van der Waals surface area contributed by atoms with Gasteiger partial charge in [-0.05, 0) is 49.6 Å². The largest absolute Gasteiger partial charge is 0.372 e. The molecule has 1 fully saturated rings. The Hall–Kier alpha value is -2.38. The van der Waals surface area contributed by atoms with Crippen LogP contribution in [0.3, 0.4) is 0 Å². The third-order valence-corrected chi connectivity index (χ3v) is 6.34. The van der Waals surface area contributed by atoms with E-state index in [0.717, 1.165) is 29.7 Å². The third-order valence-electron chi connectivity index (χ3n) is 4.98. The van der Waals surface area contributed by atoms with Crippen molar-refractivity contribution in [1.82, 2.24) is 9.88 Å². The number of aromatic nitrogens is 1. The lowest BCUT2D eigenvalue weighted by atomic mass is 10.1. The van der Waals surface area contributed by atoms with Crippen LogP contribution in [-0.4, -0.2) is 26.7 Å². The lowest BCUT2D eigenvalue weighted by molar-refractivity contribution is 0.448. The minimum Gasteiger partial charge on any atom is -0.372 e. The average molecular weight is 385 g/mol. The van der Waals surface area contributed by atoms with Crippen LogP contribution in [0.1, 0.15) is 37.1 Å². The van der Waals surface area contributed by atoms with E-state index in [1.54, 1.807) is 6.07 Å². The number of hydrogen-bond donors (Lipinski definition) is 1. The summed E-state index contributed by atoms with van der Waals surface area (Å²) in [6.45, 7) is 3.98. The number of hydrogen-bond acceptors (Lipinski definition) is 5. The lowest BCUT2D eigenvalue weighted by Gasteiger charge is -2.20. The Balaban J connectivity index is 1.49. The summed E-state index contributed by atoms with van der Waals surface area (Å²) in [6, 6.07) is 15.0. The van der Waals surface area contributed by atoms with Crippen LogP contribution < -0.4 is 9.62 Å². The number of sulfonamides is 1. The molecule has 27 heavy (non-hydrogen) atoms. The monoisotopic (exact) mass is 385 g/mol. The van der Waals surface area contributed by atoms with Crippen molar-refractivity contribution in [2.75, 3.05) is 18.0 Å². The quantitative estimate of drug-likeness (QED) is 0.702. The summed E-state index contributed by atoms with van der Waals surface area (Å²) >= 11 is 0. The van der Waals surface area contributed by atoms with Crippen LogP contribution in [0.25, 0.3) is 11.0 Å². The highest BCUT2D eigenvalue weighted by molar-refractivity contribution is 7.88. The van der Waals surface area contributed by atoms with Crippen molar-refractivity contribution < 1.29 is 12.9 Å². The van der Waals surface area contributed by atoms with Gasteiger partial charge in [0.15, 0.2) is 5.58 Å². The van der Waals surface area contributed by atoms with Gasteiger partial charge in [0.1, 0.15) is 11.4 Å². The van der Waals surface area contributed by atoms with Crippen LogP contribution in [0.5, 0.6) is 0 Å². The maximum atomic E-state index is 12.7. The van der Waals surface area contributed by atoms with Gasteiger partial charge < -0.3 is 9.42 Å². The second-order valence-corrected chi connectivity index (χ2v) is 8.77. The minimum atomic E-state index is -3.56. The van der Waals surface area contributed by atoms with Gasteiger partial charge in [-0.15, -0.1) is 0 Å². The van der Waals surface area contributed by atoms with Crippen LogP contribution in [-0.2, 0) is 15.8 Å². The molecular formula is C20H23N3O3S. The molecular weight excluding hydrogens is 362 g/mol. The molecule has 0 amide bonds. The van der Waals surface area contributed by atoms with Crippen molar-refractivity contribution in [1.29, 1.82) is 0 Å². The van der Waals surface area contributed by atoms with Crippen LogP contribution in [0, 0.1) is 0 Å². The molecule has 142 valence electrons. The number of benzene rings is 2. The summed E-state index contributed by atoms with van der Waals surface area (Å²) in [5.41, 5.74) is 3.12. The van der Waals surface area contributed by atoms with Gasteiger partial charge in [0.25, 0.3) is 0 Å². The predicted molar refractivity (Wildman–Crippen MR) is 106 cm³/mol. The van der Waals surface area contributed by atoms with E-state index in [-0.39, 0.29) is 11.8 Å². The molecule has 1 atom stereocenters. The van der Waals surface area contributed by atoms with Gasteiger partial charge in [0, 0.05) is 30.2 Å². The van der Waals surface area contributed by atoms with Gasteiger partial charge in [-0.3, -0.25) is 0 Å². The zero-order chi connectivity index (χ0) is 18.9. The first-order chi connectivity index (χ1) is 13.0. The molecule has 7 heteroatoms. The molecule has 1 unspecified atom stereocenters. The van der Waals surface area contributed by atoms with Crippen molar-refractivity contribution in [2.24, 2.45) is 0 Å². The van der Waals surface area contributed by atoms with E-state index >= 15 is 0 Å². The molecule has 2 heterocycles. The molecule has 3 aromatic rings. The Morgan fingerprint density at radius 1 is 1.15 bits per heavy atom. The van der Waals surface area contributed by atoms with Crippen LogP contribution in [0.4, 0.5) is 5.69 Å². The maximum absolute atomic E-state index is 12.7. The molecule has 0 radical (unpaired) electrons. The Labute approximate surface area is 159 Å². The minimum absolute atomic E-state index is 0.208. The fourth-order valence-corrected chi connectivity index (χ4v) is 4.89. The number of rotatable bonds is 6.